The van der Waals surface area contributed by atoms with E-state index in [0.717, 1.165) is 28.5 Å². The Morgan fingerprint density at radius 2 is 1.47 bits per heavy atom. The van der Waals surface area contributed by atoms with Crippen molar-refractivity contribution in [3.63, 3.8) is 0 Å². The summed E-state index contributed by atoms with van der Waals surface area (Å²) < 4.78 is 38.1. The van der Waals surface area contributed by atoms with Gasteiger partial charge in [0.05, 0.1) is 12.9 Å². The summed E-state index contributed by atoms with van der Waals surface area (Å²) in [5.74, 6) is -0.549. The molecule has 1 atom stereocenters. The zero-order chi connectivity index (χ0) is 25.7. The van der Waals surface area contributed by atoms with Crippen molar-refractivity contribution in [2.45, 2.75) is 25.3 Å². The van der Waals surface area contributed by atoms with Gasteiger partial charge in [-0.15, -0.1) is 0 Å². The molecule has 9 heteroatoms. The number of amides is 1. The molecule has 0 saturated heterocycles. The van der Waals surface area contributed by atoms with E-state index >= 15 is 0 Å². The average Bonchev–Trinajstić information content (AvgIpc) is 3.16. The Morgan fingerprint density at radius 1 is 0.889 bits per heavy atom. The second kappa shape index (κ2) is 10.8. The van der Waals surface area contributed by atoms with Crippen molar-refractivity contribution >= 4 is 22.2 Å². The number of esters is 1. The van der Waals surface area contributed by atoms with E-state index in [9.17, 15) is 18.0 Å². The van der Waals surface area contributed by atoms with Crippen LogP contribution in [0.5, 0.6) is 5.75 Å². The molecule has 3 aromatic carbocycles. The molecule has 1 amide bonds. The maximum absolute atomic E-state index is 12.7. The summed E-state index contributed by atoms with van der Waals surface area (Å²) in [6, 6.07) is 21.2. The van der Waals surface area contributed by atoms with Gasteiger partial charge in [-0.25, -0.2) is 9.59 Å². The Kier molecular flexibility index (Phi) is 7.59. The monoisotopic (exact) mass is 509 g/mol. The molecular weight excluding hydrogens is 482 g/mol. The highest BCUT2D eigenvalue weighted by Gasteiger charge is 2.30. The first-order chi connectivity index (χ1) is 17.2. The maximum Gasteiger partial charge on any atom is 0.407 e. The molecule has 0 bridgehead atoms. The molecule has 0 heterocycles. The van der Waals surface area contributed by atoms with Gasteiger partial charge in [0, 0.05) is 12.3 Å². The molecule has 1 aliphatic carbocycles. The van der Waals surface area contributed by atoms with Gasteiger partial charge in [0.1, 0.15) is 18.4 Å². The van der Waals surface area contributed by atoms with Gasteiger partial charge < -0.3 is 19.0 Å². The zero-order valence-electron chi connectivity index (χ0n) is 20.0. The zero-order valence-corrected chi connectivity index (χ0v) is 20.8. The lowest BCUT2D eigenvalue weighted by Crippen LogP contribution is -2.44. The quantitative estimate of drug-likeness (QED) is 0.343. The molecule has 0 unspecified atom stereocenters. The Balaban J connectivity index is 1.42. The van der Waals surface area contributed by atoms with Crippen LogP contribution in [0.2, 0.25) is 0 Å². The number of carbonyl (C=O) groups excluding carboxylic acids is 2. The maximum atomic E-state index is 12.7. The Labute approximate surface area is 210 Å². The minimum absolute atomic E-state index is 0.105. The van der Waals surface area contributed by atoms with E-state index in [-0.39, 0.29) is 31.3 Å². The van der Waals surface area contributed by atoms with E-state index in [4.69, 9.17) is 13.7 Å². The van der Waals surface area contributed by atoms with Crippen LogP contribution in [0.15, 0.2) is 72.8 Å². The molecule has 0 saturated carbocycles. The summed E-state index contributed by atoms with van der Waals surface area (Å²) in [7, 11) is -3.65. The lowest BCUT2D eigenvalue weighted by atomic mass is 9.98. The van der Waals surface area contributed by atoms with Gasteiger partial charge in [-0.05, 0) is 46.9 Å². The standard InChI is InChI=1S/C27H27NO7S/c1-3-33-26(29)25(16-18-12-14-19(15-13-18)35-36(2,31)32)28-27(30)34-17-24-22-10-6-4-8-20(22)21-9-5-7-11-23(21)24/h4-15,24-25H,3,16-17H2,1-2H3,(H,28,30)/t25-/m0/s1. The fraction of sp³-hybridized carbons (Fsp3) is 0.259. The van der Waals surface area contributed by atoms with Gasteiger partial charge in [0.25, 0.3) is 0 Å². The van der Waals surface area contributed by atoms with Crippen molar-refractivity contribution in [1.82, 2.24) is 5.32 Å². The fourth-order valence-corrected chi connectivity index (χ4v) is 4.77. The van der Waals surface area contributed by atoms with Crippen LogP contribution in [0, 0.1) is 0 Å². The van der Waals surface area contributed by atoms with Crippen LogP contribution < -0.4 is 9.50 Å². The molecule has 36 heavy (non-hydrogen) atoms. The largest absolute Gasteiger partial charge is 0.464 e. The molecule has 3 aromatic rings. The minimum atomic E-state index is -3.65. The van der Waals surface area contributed by atoms with Crippen LogP contribution >= 0.6 is 0 Å². The van der Waals surface area contributed by atoms with Crippen molar-refractivity contribution in [3.05, 3.63) is 89.5 Å². The van der Waals surface area contributed by atoms with Crippen molar-refractivity contribution in [2.75, 3.05) is 19.5 Å². The third-order valence-electron chi connectivity index (χ3n) is 5.82. The number of hydrogen-bond donors (Lipinski definition) is 1. The number of rotatable bonds is 9. The Hall–Kier alpha value is -3.85. The van der Waals surface area contributed by atoms with Crippen molar-refractivity contribution in [3.8, 4) is 16.9 Å². The fourth-order valence-electron chi connectivity index (χ4n) is 4.31. The topological polar surface area (TPSA) is 108 Å². The molecule has 0 fully saturated rings. The summed E-state index contributed by atoms with van der Waals surface area (Å²) >= 11 is 0. The number of alkyl carbamates (subject to hydrolysis) is 1. The summed E-state index contributed by atoms with van der Waals surface area (Å²) in [6.07, 6.45) is 0.352. The van der Waals surface area contributed by atoms with Crippen molar-refractivity contribution in [1.29, 1.82) is 0 Å². The van der Waals surface area contributed by atoms with Gasteiger partial charge >= 0.3 is 22.2 Å². The van der Waals surface area contributed by atoms with E-state index in [1.165, 1.54) is 12.1 Å². The Morgan fingerprint density at radius 3 is 2.03 bits per heavy atom. The van der Waals surface area contributed by atoms with E-state index in [1.54, 1.807) is 19.1 Å². The predicted molar refractivity (Wildman–Crippen MR) is 134 cm³/mol. The predicted octanol–water partition coefficient (Wildman–Crippen LogP) is 4.04. The highest BCUT2D eigenvalue weighted by Crippen LogP contribution is 2.44. The van der Waals surface area contributed by atoms with E-state index in [0.29, 0.717) is 5.56 Å². The first-order valence-electron chi connectivity index (χ1n) is 11.5. The van der Waals surface area contributed by atoms with Gasteiger partial charge in [-0.1, -0.05) is 60.7 Å². The minimum Gasteiger partial charge on any atom is -0.464 e. The first kappa shape index (κ1) is 25.2. The van der Waals surface area contributed by atoms with E-state index < -0.39 is 28.2 Å². The summed E-state index contributed by atoms with van der Waals surface area (Å²) in [5.41, 5.74) is 5.09. The molecule has 4 rings (SSSR count). The molecule has 1 N–H and O–H groups in total. The second-order valence-electron chi connectivity index (χ2n) is 8.41. The third kappa shape index (κ3) is 6.04. The van der Waals surface area contributed by atoms with Crippen LogP contribution in [-0.4, -0.2) is 46.0 Å². The molecule has 0 radical (unpaired) electrons. The summed E-state index contributed by atoms with van der Waals surface area (Å²) in [4.78, 5) is 25.2. The van der Waals surface area contributed by atoms with Crippen molar-refractivity contribution < 1.29 is 31.7 Å². The summed E-state index contributed by atoms with van der Waals surface area (Å²) in [6.45, 7) is 1.95. The normalized spacial score (nSPS) is 13.3. The highest BCUT2D eigenvalue weighted by molar-refractivity contribution is 7.86. The molecule has 8 nitrogen and oxygen atoms in total. The van der Waals surface area contributed by atoms with E-state index in [2.05, 4.69) is 17.4 Å². The second-order valence-corrected chi connectivity index (χ2v) is 9.98. The molecule has 1 aliphatic rings. The number of nitrogens with one attached hydrogen (secondary N) is 1. The summed E-state index contributed by atoms with van der Waals surface area (Å²) in [5, 5.41) is 2.61. The number of benzene rings is 3. The lowest BCUT2D eigenvalue weighted by molar-refractivity contribution is -0.145. The van der Waals surface area contributed by atoms with Crippen molar-refractivity contribution in [2.24, 2.45) is 0 Å². The number of carbonyl (C=O) groups is 2. The van der Waals surface area contributed by atoms with E-state index in [1.807, 2.05) is 36.4 Å². The Bertz CT molecular complexity index is 1310. The molecule has 188 valence electrons. The molecule has 0 aromatic heterocycles. The van der Waals surface area contributed by atoms with Crippen LogP contribution in [0.3, 0.4) is 0 Å². The first-order valence-corrected chi connectivity index (χ1v) is 13.3. The third-order valence-corrected chi connectivity index (χ3v) is 6.31. The van der Waals surface area contributed by atoms with Gasteiger partial charge in [-0.2, -0.15) is 8.42 Å². The van der Waals surface area contributed by atoms with Gasteiger partial charge in [0.15, 0.2) is 0 Å². The van der Waals surface area contributed by atoms with Crippen LogP contribution in [0.4, 0.5) is 4.79 Å². The van der Waals surface area contributed by atoms with Gasteiger partial charge in [0.2, 0.25) is 0 Å². The molecule has 0 spiro atoms. The number of ether oxygens (including phenoxy) is 2. The SMILES string of the molecule is CCOC(=O)[C@H](Cc1ccc(OS(C)(=O)=O)cc1)NC(=O)OCC1c2ccccc2-c2ccccc21. The van der Waals surface area contributed by atoms with Gasteiger partial charge in [-0.3, -0.25) is 0 Å². The smallest absolute Gasteiger partial charge is 0.407 e. The number of hydrogen-bond acceptors (Lipinski definition) is 7. The molecule has 0 aliphatic heterocycles. The lowest BCUT2D eigenvalue weighted by Gasteiger charge is -2.19. The highest BCUT2D eigenvalue weighted by atomic mass is 32.2. The van der Waals surface area contributed by atoms with Crippen LogP contribution in [0.1, 0.15) is 29.5 Å². The average molecular weight is 510 g/mol. The van der Waals surface area contributed by atoms with Crippen LogP contribution in [0.25, 0.3) is 11.1 Å². The molecular formula is C27H27NO7S. The number of fused-ring (bicyclic) bond motifs is 3. The van der Waals surface area contributed by atoms with Crippen LogP contribution in [-0.2, 0) is 30.8 Å².